The third kappa shape index (κ3) is 3.80. The molecule has 0 aliphatic carbocycles. The second-order valence-electron chi connectivity index (χ2n) is 5.42. The lowest BCUT2D eigenvalue weighted by molar-refractivity contribution is 0.144. The van der Waals surface area contributed by atoms with Crippen LogP contribution in [0.3, 0.4) is 0 Å². The van der Waals surface area contributed by atoms with Crippen LogP contribution in [0, 0.1) is 0 Å². The predicted octanol–water partition coefficient (Wildman–Crippen LogP) is 2.22. The summed E-state index contributed by atoms with van der Waals surface area (Å²) in [6.45, 7) is 2.72. The predicted molar refractivity (Wildman–Crippen MR) is 66.7 cm³/mol. The fourth-order valence-corrected chi connectivity index (χ4v) is 2.62. The molecule has 0 aromatic carbocycles. The Morgan fingerprint density at radius 1 is 1.59 bits per heavy atom. The topological polar surface area (TPSA) is 29.9 Å². The number of halogens is 1. The quantitative estimate of drug-likeness (QED) is 0.873. The van der Waals surface area contributed by atoms with Crippen molar-refractivity contribution in [3.8, 4) is 0 Å². The van der Waals surface area contributed by atoms with Crippen LogP contribution < -0.4 is 5.32 Å². The summed E-state index contributed by atoms with van der Waals surface area (Å²) >= 11 is 0. The highest BCUT2D eigenvalue weighted by atomic mass is 19.1. The molecule has 17 heavy (non-hydrogen) atoms. The molecular weight excluding hydrogens is 217 g/mol. The van der Waals surface area contributed by atoms with Crippen molar-refractivity contribution >= 4 is 0 Å². The minimum Gasteiger partial charge on any atom is -0.314 e. The number of aryl methyl sites for hydroxylation is 1. The average molecular weight is 239 g/mol. The third-order valence-corrected chi connectivity index (χ3v) is 3.40. The molecule has 2 heterocycles. The van der Waals surface area contributed by atoms with Gasteiger partial charge in [0.2, 0.25) is 0 Å². The maximum Gasteiger partial charge on any atom is 0.115 e. The second-order valence-corrected chi connectivity index (χ2v) is 5.42. The Hall–Kier alpha value is -0.900. The lowest BCUT2D eigenvalue weighted by atomic mass is 9.90. The van der Waals surface area contributed by atoms with Gasteiger partial charge in [0.25, 0.3) is 0 Å². The maximum atomic E-state index is 14.5. The Morgan fingerprint density at radius 3 is 3.00 bits per heavy atom. The molecule has 1 aromatic heterocycles. The van der Waals surface area contributed by atoms with Gasteiger partial charge < -0.3 is 5.32 Å². The van der Waals surface area contributed by atoms with Crippen LogP contribution in [-0.4, -0.2) is 28.0 Å². The molecule has 2 rings (SSSR count). The lowest BCUT2D eigenvalue weighted by Gasteiger charge is -2.29. The number of hydrogen-bond donors (Lipinski definition) is 1. The number of rotatable bonds is 4. The summed E-state index contributed by atoms with van der Waals surface area (Å²) in [5.41, 5.74) is -0.322. The molecular formula is C13H22FN3. The fraction of sp³-hybridized carbons (Fsp3) is 0.769. The zero-order valence-electron chi connectivity index (χ0n) is 10.7. The van der Waals surface area contributed by atoms with Gasteiger partial charge in [-0.05, 0) is 38.8 Å². The summed E-state index contributed by atoms with van der Waals surface area (Å²) in [6, 6.07) is 2.23. The number of aromatic nitrogens is 2. The van der Waals surface area contributed by atoms with Crippen LogP contribution in [0.25, 0.3) is 0 Å². The molecule has 1 fully saturated rings. The van der Waals surface area contributed by atoms with Gasteiger partial charge >= 0.3 is 0 Å². The Bertz CT molecular complexity index is 353. The first kappa shape index (κ1) is 12.6. The lowest BCUT2D eigenvalue weighted by Crippen LogP contribution is -2.40. The van der Waals surface area contributed by atoms with Crippen molar-refractivity contribution in [3.63, 3.8) is 0 Å². The average Bonchev–Trinajstić information content (AvgIpc) is 2.63. The maximum absolute atomic E-state index is 14.5. The van der Waals surface area contributed by atoms with Crippen molar-refractivity contribution in [1.29, 1.82) is 0 Å². The smallest absolute Gasteiger partial charge is 0.115 e. The number of nitrogens with one attached hydrogen (secondary N) is 1. The standard InChI is InChI=1S/C13H22FN3/c1-13(14,9-11-5-3-4-7-15-11)10-12-6-8-17(2)16-12/h6,8,11,15H,3-5,7,9-10H2,1-2H3. The highest BCUT2D eigenvalue weighted by Gasteiger charge is 2.29. The molecule has 0 bridgehead atoms. The Labute approximate surface area is 102 Å². The Balaban J connectivity index is 1.88. The number of piperidine rings is 1. The van der Waals surface area contributed by atoms with Crippen molar-refractivity contribution in [2.24, 2.45) is 7.05 Å². The summed E-state index contributed by atoms with van der Waals surface area (Å²) in [5, 5.41) is 7.65. The van der Waals surface area contributed by atoms with Gasteiger partial charge in [-0.2, -0.15) is 5.10 Å². The largest absolute Gasteiger partial charge is 0.314 e. The molecule has 4 heteroatoms. The van der Waals surface area contributed by atoms with Crippen LogP contribution in [0.15, 0.2) is 12.3 Å². The molecule has 0 radical (unpaired) electrons. The van der Waals surface area contributed by atoms with Gasteiger partial charge in [-0.3, -0.25) is 4.68 Å². The van der Waals surface area contributed by atoms with E-state index in [1.807, 2.05) is 19.3 Å². The number of alkyl halides is 1. The summed E-state index contributed by atoms with van der Waals surface area (Å²) in [5.74, 6) is 0. The zero-order chi connectivity index (χ0) is 12.3. The first-order valence-electron chi connectivity index (χ1n) is 6.46. The van der Waals surface area contributed by atoms with Gasteiger partial charge in [0.15, 0.2) is 0 Å². The zero-order valence-corrected chi connectivity index (χ0v) is 10.7. The molecule has 0 amide bonds. The first-order chi connectivity index (χ1) is 8.05. The minimum atomic E-state index is -1.16. The van der Waals surface area contributed by atoms with E-state index in [1.54, 1.807) is 11.6 Å². The van der Waals surface area contributed by atoms with Crippen LogP contribution in [-0.2, 0) is 13.5 Å². The van der Waals surface area contributed by atoms with Crippen LogP contribution in [0.5, 0.6) is 0 Å². The van der Waals surface area contributed by atoms with E-state index >= 15 is 0 Å². The van der Waals surface area contributed by atoms with Crippen LogP contribution >= 0.6 is 0 Å². The summed E-state index contributed by atoms with van der Waals surface area (Å²) < 4.78 is 16.2. The molecule has 1 saturated heterocycles. The van der Waals surface area contributed by atoms with Crippen molar-refractivity contribution in [1.82, 2.24) is 15.1 Å². The molecule has 2 atom stereocenters. The molecule has 1 aliphatic rings. The highest BCUT2D eigenvalue weighted by molar-refractivity contribution is 5.03. The van der Waals surface area contributed by atoms with Gasteiger partial charge in [-0.15, -0.1) is 0 Å². The SMILES string of the molecule is Cn1ccc(CC(C)(F)CC2CCCCN2)n1. The van der Waals surface area contributed by atoms with Gasteiger partial charge in [0, 0.05) is 25.7 Å². The van der Waals surface area contributed by atoms with Crippen molar-refractivity contribution in [2.75, 3.05) is 6.54 Å². The van der Waals surface area contributed by atoms with Gasteiger partial charge in [0.05, 0.1) is 5.69 Å². The van der Waals surface area contributed by atoms with Gasteiger partial charge in [-0.25, -0.2) is 4.39 Å². The third-order valence-electron chi connectivity index (χ3n) is 3.40. The van der Waals surface area contributed by atoms with E-state index in [4.69, 9.17) is 0 Å². The Kier molecular flexibility index (Phi) is 3.82. The monoisotopic (exact) mass is 239 g/mol. The molecule has 0 spiro atoms. The van der Waals surface area contributed by atoms with E-state index in [1.165, 1.54) is 12.8 Å². The van der Waals surface area contributed by atoms with E-state index in [-0.39, 0.29) is 0 Å². The van der Waals surface area contributed by atoms with E-state index in [2.05, 4.69) is 10.4 Å². The van der Waals surface area contributed by atoms with E-state index < -0.39 is 5.67 Å². The second kappa shape index (κ2) is 5.17. The van der Waals surface area contributed by atoms with Crippen LogP contribution in [0.4, 0.5) is 4.39 Å². The van der Waals surface area contributed by atoms with E-state index in [0.717, 1.165) is 18.7 Å². The highest BCUT2D eigenvalue weighted by Crippen LogP contribution is 2.25. The van der Waals surface area contributed by atoms with Gasteiger partial charge in [-0.1, -0.05) is 6.42 Å². The summed E-state index contributed by atoms with van der Waals surface area (Å²) in [7, 11) is 1.86. The summed E-state index contributed by atoms with van der Waals surface area (Å²) in [6.07, 6.45) is 6.40. The minimum absolute atomic E-state index is 0.336. The van der Waals surface area contributed by atoms with Crippen LogP contribution in [0.1, 0.15) is 38.3 Å². The Morgan fingerprint density at radius 2 is 2.41 bits per heavy atom. The molecule has 3 nitrogen and oxygen atoms in total. The van der Waals surface area contributed by atoms with Crippen molar-refractivity contribution in [3.05, 3.63) is 18.0 Å². The van der Waals surface area contributed by atoms with E-state index in [9.17, 15) is 4.39 Å². The molecule has 1 aromatic rings. The fourth-order valence-electron chi connectivity index (χ4n) is 2.62. The first-order valence-corrected chi connectivity index (χ1v) is 6.46. The van der Waals surface area contributed by atoms with Crippen LogP contribution in [0.2, 0.25) is 0 Å². The summed E-state index contributed by atoms with van der Waals surface area (Å²) in [4.78, 5) is 0. The molecule has 0 saturated carbocycles. The molecule has 96 valence electrons. The molecule has 2 unspecified atom stereocenters. The number of nitrogens with zero attached hydrogens (tertiary/aromatic N) is 2. The van der Waals surface area contributed by atoms with E-state index in [0.29, 0.717) is 18.9 Å². The number of hydrogen-bond acceptors (Lipinski definition) is 2. The molecule has 1 aliphatic heterocycles. The normalized spacial score (nSPS) is 24.5. The molecule has 1 N–H and O–H groups in total. The van der Waals surface area contributed by atoms with Crippen molar-refractivity contribution in [2.45, 2.75) is 50.7 Å². The van der Waals surface area contributed by atoms with Crippen molar-refractivity contribution < 1.29 is 4.39 Å². The van der Waals surface area contributed by atoms with Gasteiger partial charge in [0.1, 0.15) is 5.67 Å².